The van der Waals surface area contributed by atoms with E-state index in [1.807, 2.05) is 13.0 Å². The third-order valence-electron chi connectivity index (χ3n) is 3.26. The Morgan fingerprint density at radius 1 is 1.05 bits per heavy atom. The predicted molar refractivity (Wildman–Crippen MR) is 82.0 cm³/mol. The SMILES string of the molecule is Cc1ccc(C(Oc2ccc(C)c(C)c2)C(C)N)s1. The van der Waals surface area contributed by atoms with Gasteiger partial charge in [-0.15, -0.1) is 11.3 Å². The zero-order chi connectivity index (χ0) is 14.0. The van der Waals surface area contributed by atoms with Crippen LogP contribution in [0.15, 0.2) is 30.3 Å². The molecule has 1 heterocycles. The Hall–Kier alpha value is -1.32. The maximum atomic E-state index is 6.10. The number of thiophene rings is 1. The number of benzene rings is 1. The average molecular weight is 275 g/mol. The van der Waals surface area contributed by atoms with Gasteiger partial charge in [0, 0.05) is 15.8 Å². The molecule has 3 heteroatoms. The van der Waals surface area contributed by atoms with Gasteiger partial charge in [0.15, 0.2) is 0 Å². The summed E-state index contributed by atoms with van der Waals surface area (Å²) >= 11 is 1.75. The summed E-state index contributed by atoms with van der Waals surface area (Å²) in [6, 6.07) is 10.3. The molecule has 1 aromatic heterocycles. The van der Waals surface area contributed by atoms with E-state index < -0.39 is 0 Å². The van der Waals surface area contributed by atoms with Crippen LogP contribution in [0.2, 0.25) is 0 Å². The summed E-state index contributed by atoms with van der Waals surface area (Å²) in [5, 5.41) is 0. The van der Waals surface area contributed by atoms with Crippen LogP contribution in [0.1, 0.15) is 33.9 Å². The van der Waals surface area contributed by atoms with Gasteiger partial charge >= 0.3 is 0 Å². The molecular weight excluding hydrogens is 254 g/mol. The van der Waals surface area contributed by atoms with Crippen LogP contribution in [0, 0.1) is 20.8 Å². The number of hydrogen-bond donors (Lipinski definition) is 1. The Balaban J connectivity index is 2.23. The number of nitrogens with two attached hydrogens (primary N) is 1. The minimum atomic E-state index is -0.0826. The van der Waals surface area contributed by atoms with Crippen LogP contribution in [-0.4, -0.2) is 6.04 Å². The van der Waals surface area contributed by atoms with Gasteiger partial charge in [0.1, 0.15) is 11.9 Å². The summed E-state index contributed by atoms with van der Waals surface area (Å²) in [6.07, 6.45) is -0.0826. The van der Waals surface area contributed by atoms with E-state index in [2.05, 4.69) is 45.0 Å². The zero-order valence-electron chi connectivity index (χ0n) is 11.9. The van der Waals surface area contributed by atoms with Crippen LogP contribution >= 0.6 is 11.3 Å². The number of hydrogen-bond acceptors (Lipinski definition) is 3. The van der Waals surface area contributed by atoms with Crippen molar-refractivity contribution in [2.45, 2.75) is 39.8 Å². The number of ether oxygens (including phenoxy) is 1. The highest BCUT2D eigenvalue weighted by Crippen LogP contribution is 2.30. The summed E-state index contributed by atoms with van der Waals surface area (Å²) < 4.78 is 6.10. The third kappa shape index (κ3) is 3.37. The van der Waals surface area contributed by atoms with Crippen LogP contribution < -0.4 is 10.5 Å². The van der Waals surface area contributed by atoms with E-state index in [4.69, 9.17) is 10.5 Å². The summed E-state index contributed by atoms with van der Waals surface area (Å²) in [5.41, 5.74) is 8.59. The van der Waals surface area contributed by atoms with Gasteiger partial charge in [-0.3, -0.25) is 0 Å². The third-order valence-corrected chi connectivity index (χ3v) is 4.32. The van der Waals surface area contributed by atoms with Gasteiger partial charge in [-0.1, -0.05) is 6.07 Å². The molecule has 2 unspecified atom stereocenters. The molecule has 2 atom stereocenters. The Bertz CT molecular complexity index is 560. The smallest absolute Gasteiger partial charge is 0.148 e. The van der Waals surface area contributed by atoms with Crippen molar-refractivity contribution in [1.82, 2.24) is 0 Å². The first-order chi connectivity index (χ1) is 8.97. The molecule has 0 fully saturated rings. The first-order valence-electron chi connectivity index (χ1n) is 6.53. The molecular formula is C16H21NOS. The molecule has 19 heavy (non-hydrogen) atoms. The van der Waals surface area contributed by atoms with Crippen LogP contribution in [0.3, 0.4) is 0 Å². The van der Waals surface area contributed by atoms with Crippen LogP contribution in [0.5, 0.6) is 5.75 Å². The Morgan fingerprint density at radius 3 is 2.32 bits per heavy atom. The fourth-order valence-electron chi connectivity index (χ4n) is 1.96. The normalized spacial score (nSPS) is 14.2. The van der Waals surface area contributed by atoms with Crippen molar-refractivity contribution >= 4 is 11.3 Å². The highest BCUT2D eigenvalue weighted by Gasteiger charge is 2.20. The van der Waals surface area contributed by atoms with Gasteiger partial charge in [0.2, 0.25) is 0 Å². The molecule has 0 bridgehead atoms. The molecule has 0 aliphatic rings. The summed E-state index contributed by atoms with van der Waals surface area (Å²) in [4.78, 5) is 2.47. The molecule has 0 amide bonds. The van der Waals surface area contributed by atoms with E-state index >= 15 is 0 Å². The monoisotopic (exact) mass is 275 g/mol. The van der Waals surface area contributed by atoms with Crippen molar-refractivity contribution in [3.63, 3.8) is 0 Å². The second-order valence-corrected chi connectivity index (χ2v) is 6.41. The molecule has 2 nitrogen and oxygen atoms in total. The molecule has 2 aromatic rings. The highest BCUT2D eigenvalue weighted by atomic mass is 32.1. The Morgan fingerprint density at radius 2 is 1.79 bits per heavy atom. The molecule has 2 rings (SSSR count). The standard InChI is InChI=1S/C16H21NOS/c1-10-5-7-14(9-11(10)2)18-16(13(4)17)15-8-6-12(3)19-15/h5-9,13,16H,17H2,1-4H3. The predicted octanol–water partition coefficient (Wildman–Crippen LogP) is 4.14. The molecule has 2 N–H and O–H groups in total. The maximum Gasteiger partial charge on any atom is 0.148 e. The van der Waals surface area contributed by atoms with Crippen molar-refractivity contribution < 1.29 is 4.74 Å². The van der Waals surface area contributed by atoms with Gasteiger partial charge < -0.3 is 10.5 Å². The molecule has 0 aliphatic heterocycles. The molecule has 0 radical (unpaired) electrons. The lowest BCUT2D eigenvalue weighted by Crippen LogP contribution is -2.28. The van der Waals surface area contributed by atoms with E-state index in [0.717, 1.165) is 5.75 Å². The van der Waals surface area contributed by atoms with Crippen molar-refractivity contribution in [2.75, 3.05) is 0 Å². The second kappa shape index (κ2) is 5.76. The first kappa shape index (κ1) is 14.1. The van der Waals surface area contributed by atoms with Gasteiger partial charge in [-0.25, -0.2) is 0 Å². The van der Waals surface area contributed by atoms with Crippen LogP contribution in [0.4, 0.5) is 0 Å². The zero-order valence-corrected chi connectivity index (χ0v) is 12.8. The van der Waals surface area contributed by atoms with Crippen LogP contribution in [-0.2, 0) is 0 Å². The molecule has 0 saturated heterocycles. The lowest BCUT2D eigenvalue weighted by molar-refractivity contribution is 0.184. The molecule has 0 saturated carbocycles. The lowest BCUT2D eigenvalue weighted by atomic mass is 10.1. The summed E-state index contributed by atoms with van der Waals surface area (Å²) in [7, 11) is 0. The van der Waals surface area contributed by atoms with Crippen molar-refractivity contribution in [3.8, 4) is 5.75 Å². The molecule has 0 spiro atoms. The van der Waals surface area contributed by atoms with Crippen molar-refractivity contribution in [2.24, 2.45) is 5.73 Å². The minimum absolute atomic E-state index is 0.0420. The molecule has 0 aliphatic carbocycles. The van der Waals surface area contributed by atoms with E-state index in [-0.39, 0.29) is 12.1 Å². The van der Waals surface area contributed by atoms with Gasteiger partial charge in [-0.05, 0) is 63.1 Å². The average Bonchev–Trinajstić information content (AvgIpc) is 2.76. The largest absolute Gasteiger partial charge is 0.483 e. The Kier molecular flexibility index (Phi) is 4.27. The Labute approximate surface area is 119 Å². The summed E-state index contributed by atoms with van der Waals surface area (Å²) in [6.45, 7) is 8.28. The summed E-state index contributed by atoms with van der Waals surface area (Å²) in [5.74, 6) is 0.886. The first-order valence-corrected chi connectivity index (χ1v) is 7.35. The van der Waals surface area contributed by atoms with Gasteiger partial charge in [-0.2, -0.15) is 0 Å². The van der Waals surface area contributed by atoms with E-state index in [1.165, 1.54) is 20.9 Å². The molecule has 102 valence electrons. The fourth-order valence-corrected chi connectivity index (χ4v) is 2.99. The molecule has 1 aromatic carbocycles. The van der Waals surface area contributed by atoms with Crippen LogP contribution in [0.25, 0.3) is 0 Å². The lowest BCUT2D eigenvalue weighted by Gasteiger charge is -2.22. The van der Waals surface area contributed by atoms with Gasteiger partial charge in [0.25, 0.3) is 0 Å². The fraction of sp³-hybridized carbons (Fsp3) is 0.375. The number of rotatable bonds is 4. The minimum Gasteiger partial charge on any atom is -0.483 e. The number of aryl methyl sites for hydroxylation is 3. The van der Waals surface area contributed by atoms with E-state index in [9.17, 15) is 0 Å². The maximum absolute atomic E-state index is 6.10. The highest BCUT2D eigenvalue weighted by molar-refractivity contribution is 7.12. The quantitative estimate of drug-likeness (QED) is 0.910. The van der Waals surface area contributed by atoms with Crippen molar-refractivity contribution in [1.29, 1.82) is 0 Å². The topological polar surface area (TPSA) is 35.2 Å². The van der Waals surface area contributed by atoms with E-state index in [1.54, 1.807) is 11.3 Å². The second-order valence-electron chi connectivity index (χ2n) is 5.09. The van der Waals surface area contributed by atoms with E-state index in [0.29, 0.717) is 0 Å². The van der Waals surface area contributed by atoms with Gasteiger partial charge in [0.05, 0.1) is 0 Å². The van der Waals surface area contributed by atoms with Crippen molar-refractivity contribution in [3.05, 3.63) is 51.2 Å².